The van der Waals surface area contributed by atoms with Crippen molar-refractivity contribution in [2.75, 3.05) is 0 Å². The van der Waals surface area contributed by atoms with E-state index in [1.54, 1.807) is 6.07 Å². The number of aromatic nitrogens is 1. The molecule has 2 radical (unpaired) electrons. The Kier molecular flexibility index (Phi) is 4.32. The molecule has 2 aromatic carbocycles. The third-order valence-corrected chi connectivity index (χ3v) is 8.27. The van der Waals surface area contributed by atoms with E-state index in [9.17, 15) is 9.90 Å². The molecule has 1 saturated carbocycles. The van der Waals surface area contributed by atoms with Gasteiger partial charge >= 0.3 is 163 Å². The molecule has 1 fully saturated rings. The summed E-state index contributed by atoms with van der Waals surface area (Å²) in [7, 11) is 0. The molecular formula is C19H15BClINO2-. The number of nitrogens with one attached hydrogen (secondary N) is 1. The summed E-state index contributed by atoms with van der Waals surface area (Å²) in [4.78, 5) is 14.3. The van der Waals surface area contributed by atoms with E-state index in [0.29, 0.717) is 10.4 Å². The molecule has 6 heteroatoms. The van der Waals surface area contributed by atoms with Crippen molar-refractivity contribution >= 4 is 34.2 Å². The number of hydrogen-bond donors (Lipinski definition) is 2. The van der Waals surface area contributed by atoms with Crippen LogP contribution in [0.3, 0.4) is 0 Å². The van der Waals surface area contributed by atoms with E-state index < -0.39 is 5.97 Å². The summed E-state index contributed by atoms with van der Waals surface area (Å²) in [5.74, 6) is -0.950. The van der Waals surface area contributed by atoms with Gasteiger partial charge in [-0.25, -0.2) is 0 Å². The second-order valence-electron chi connectivity index (χ2n) is 6.39. The Balaban J connectivity index is 1.77. The summed E-state index contributed by atoms with van der Waals surface area (Å²) < 4.78 is 0.238. The summed E-state index contributed by atoms with van der Waals surface area (Å²) in [5.41, 5.74) is 10.2. The van der Waals surface area contributed by atoms with Crippen molar-refractivity contribution in [2.45, 2.75) is 22.7 Å². The number of fused-ring (bicyclic) bond motifs is 1. The summed E-state index contributed by atoms with van der Waals surface area (Å²) in [6.45, 7) is 0. The SMILES string of the molecule is [B][I-]C1(c2ccc(-c3cc4c(C(=O)O)c[nH]c4cc3Cl)cc2)CCC1. The topological polar surface area (TPSA) is 53.1 Å². The molecule has 0 aliphatic heterocycles. The van der Waals surface area contributed by atoms with Gasteiger partial charge in [-0.2, -0.15) is 0 Å². The molecule has 1 heterocycles. The monoisotopic (exact) mass is 462 g/mol. The van der Waals surface area contributed by atoms with Crippen LogP contribution in [0.5, 0.6) is 0 Å². The van der Waals surface area contributed by atoms with Crippen LogP contribution in [-0.2, 0) is 3.42 Å². The fraction of sp³-hybridized carbons (Fsp3) is 0.211. The van der Waals surface area contributed by atoms with Crippen LogP contribution in [0.15, 0.2) is 42.6 Å². The molecule has 25 heavy (non-hydrogen) atoms. The zero-order valence-corrected chi connectivity index (χ0v) is 16.3. The van der Waals surface area contributed by atoms with E-state index in [-0.39, 0.29) is 30.0 Å². The third-order valence-electron chi connectivity index (χ3n) is 5.07. The molecule has 0 bridgehead atoms. The molecular weight excluding hydrogens is 447 g/mol. The van der Waals surface area contributed by atoms with Gasteiger partial charge in [0.2, 0.25) is 0 Å². The van der Waals surface area contributed by atoms with Gasteiger partial charge in [0.25, 0.3) is 0 Å². The van der Waals surface area contributed by atoms with Crippen molar-refractivity contribution in [3.05, 3.63) is 58.7 Å². The van der Waals surface area contributed by atoms with Gasteiger partial charge < -0.3 is 0 Å². The van der Waals surface area contributed by atoms with Crippen molar-refractivity contribution in [2.24, 2.45) is 0 Å². The number of rotatable bonds is 4. The van der Waals surface area contributed by atoms with Crippen molar-refractivity contribution in [1.29, 1.82) is 0 Å². The van der Waals surface area contributed by atoms with E-state index in [4.69, 9.17) is 17.3 Å². The van der Waals surface area contributed by atoms with Crippen LogP contribution in [0.4, 0.5) is 0 Å². The third kappa shape index (κ3) is 2.77. The van der Waals surface area contributed by atoms with Crippen LogP contribution in [0, 0.1) is 0 Å². The first-order valence-corrected chi connectivity index (χ1v) is 10.7. The Hall–Kier alpha value is -1.47. The van der Waals surface area contributed by atoms with Crippen LogP contribution >= 0.6 is 11.6 Å². The van der Waals surface area contributed by atoms with E-state index in [2.05, 4.69) is 29.2 Å². The van der Waals surface area contributed by atoms with E-state index >= 15 is 0 Å². The zero-order valence-electron chi connectivity index (χ0n) is 13.4. The average molecular weight is 463 g/mol. The fourth-order valence-corrected chi connectivity index (χ4v) is 5.82. The molecule has 0 unspecified atom stereocenters. The van der Waals surface area contributed by atoms with Gasteiger partial charge in [-0.05, 0) is 0 Å². The van der Waals surface area contributed by atoms with Gasteiger partial charge in [-0.1, -0.05) is 0 Å². The molecule has 0 atom stereocenters. The van der Waals surface area contributed by atoms with Crippen molar-refractivity contribution in [3.8, 4) is 11.1 Å². The summed E-state index contributed by atoms with van der Waals surface area (Å²) in [6, 6.07) is 12.1. The number of alkyl halides is 1. The number of hydrogen-bond acceptors (Lipinski definition) is 1. The molecule has 0 spiro atoms. The Labute approximate surface area is 162 Å². The normalized spacial score (nSPS) is 16.0. The number of aromatic carboxylic acids is 1. The number of H-pyrrole nitrogens is 1. The Morgan fingerprint density at radius 3 is 2.52 bits per heavy atom. The van der Waals surface area contributed by atoms with E-state index in [1.165, 1.54) is 31.0 Å². The number of aromatic amines is 1. The summed E-state index contributed by atoms with van der Waals surface area (Å²) in [6.07, 6.45) is 5.14. The zero-order chi connectivity index (χ0) is 17.6. The summed E-state index contributed by atoms with van der Waals surface area (Å²) >= 11 is 6.11. The number of carboxylic acids is 1. The van der Waals surface area contributed by atoms with Gasteiger partial charge in [-0.3, -0.25) is 0 Å². The van der Waals surface area contributed by atoms with Crippen molar-refractivity contribution in [1.82, 2.24) is 4.98 Å². The second-order valence-corrected chi connectivity index (χ2v) is 9.49. The Morgan fingerprint density at radius 2 is 1.96 bits per heavy atom. The van der Waals surface area contributed by atoms with Crippen LogP contribution in [0.2, 0.25) is 5.02 Å². The number of carbonyl (C=O) groups is 1. The van der Waals surface area contributed by atoms with Gasteiger partial charge in [-0.15, -0.1) is 0 Å². The van der Waals surface area contributed by atoms with Crippen LogP contribution < -0.4 is 21.0 Å². The minimum atomic E-state index is -0.950. The molecule has 0 amide bonds. The Morgan fingerprint density at radius 1 is 1.24 bits per heavy atom. The molecule has 4 rings (SSSR count). The minimum absolute atomic E-state index is 0.238. The molecule has 3 nitrogen and oxygen atoms in total. The predicted octanol–water partition coefficient (Wildman–Crippen LogP) is 1.74. The quantitative estimate of drug-likeness (QED) is 0.353. The van der Waals surface area contributed by atoms with Gasteiger partial charge in [0.15, 0.2) is 0 Å². The van der Waals surface area contributed by atoms with E-state index in [0.717, 1.165) is 16.6 Å². The molecule has 1 aliphatic rings. The molecule has 3 aromatic rings. The molecule has 2 N–H and O–H groups in total. The van der Waals surface area contributed by atoms with Gasteiger partial charge in [0, 0.05) is 0 Å². The first-order chi connectivity index (χ1) is 12.0. The van der Waals surface area contributed by atoms with E-state index in [1.807, 2.05) is 6.07 Å². The second kappa shape index (κ2) is 6.36. The predicted molar refractivity (Wildman–Crippen MR) is 97.0 cm³/mol. The number of halogens is 2. The maximum atomic E-state index is 11.4. The standard InChI is InChI=1S/C19H15BClINO2/c20-22-19(6-1-7-19)12-4-2-11(3-5-12)13-8-14-15(18(24)25)10-23-17(14)9-16(13)21/h2-5,8-10,23H,1,6-7H2,(H,24,25)/q-1. The molecule has 1 aliphatic carbocycles. The first kappa shape index (κ1) is 17.0. The van der Waals surface area contributed by atoms with Crippen molar-refractivity contribution in [3.63, 3.8) is 0 Å². The molecule has 1 aromatic heterocycles. The maximum absolute atomic E-state index is 11.4. The number of carboxylic acid groups (broad SMARTS) is 1. The summed E-state index contributed by atoms with van der Waals surface area (Å²) in [5, 5.41) is 10.6. The Bertz CT molecular complexity index is 958. The van der Waals surface area contributed by atoms with Crippen molar-refractivity contribution < 1.29 is 30.9 Å². The van der Waals surface area contributed by atoms with Gasteiger partial charge in [0.1, 0.15) is 0 Å². The first-order valence-electron chi connectivity index (χ1n) is 8.03. The molecule has 0 saturated heterocycles. The number of benzene rings is 2. The van der Waals surface area contributed by atoms with Crippen LogP contribution in [0.25, 0.3) is 22.0 Å². The average Bonchev–Trinajstić information content (AvgIpc) is 2.97. The van der Waals surface area contributed by atoms with Crippen LogP contribution in [0.1, 0.15) is 35.2 Å². The van der Waals surface area contributed by atoms with Crippen LogP contribution in [-0.4, -0.2) is 21.8 Å². The van der Waals surface area contributed by atoms with Gasteiger partial charge in [0.05, 0.1) is 0 Å². The fourth-order valence-electron chi connectivity index (χ4n) is 3.44. The molecule has 126 valence electrons.